The van der Waals surface area contributed by atoms with Crippen LogP contribution in [-0.4, -0.2) is 42.0 Å². The van der Waals surface area contributed by atoms with E-state index in [1.165, 1.54) is 18.3 Å². The molecule has 1 saturated heterocycles. The molecule has 4 rings (SSSR count). The third kappa shape index (κ3) is 4.61. The molecule has 9 heteroatoms. The number of hydrogen-bond acceptors (Lipinski definition) is 7. The number of nitrogen functional groups attached to an aromatic ring is 1. The van der Waals surface area contributed by atoms with Crippen molar-refractivity contribution in [1.82, 2.24) is 15.3 Å². The molecule has 0 amide bonds. The number of nitrogens with one attached hydrogen (secondary N) is 1. The summed E-state index contributed by atoms with van der Waals surface area (Å²) in [5.74, 6) is -0.441. The number of alkyl halides is 2. The Morgan fingerprint density at radius 1 is 1.19 bits per heavy atom. The van der Waals surface area contributed by atoms with Crippen molar-refractivity contribution < 1.29 is 22.6 Å². The Bertz CT molecular complexity index is 1080. The zero-order valence-electron chi connectivity index (χ0n) is 16.5. The first-order valence-corrected chi connectivity index (χ1v) is 9.77. The first kappa shape index (κ1) is 20.7. The van der Waals surface area contributed by atoms with Crippen LogP contribution in [0.1, 0.15) is 31.9 Å². The molecule has 3 N–H and O–H groups in total. The van der Waals surface area contributed by atoms with Gasteiger partial charge in [0.15, 0.2) is 11.4 Å². The molecule has 3 aromatic rings. The molecular weight excluding hydrogens is 404 g/mol. The molecular formula is C22H27F2N5O2. The van der Waals surface area contributed by atoms with Crippen LogP contribution in [0.2, 0.25) is 0 Å². The Balaban J connectivity index is 0.00000193. The molecule has 1 unspecified atom stereocenters. The number of benzene rings is 1. The number of hydrogen-bond donors (Lipinski definition) is 2. The van der Waals surface area contributed by atoms with Gasteiger partial charge in [-0.05, 0) is 29.8 Å². The largest absolute Gasteiger partial charge is 0.432 e. The molecule has 0 spiro atoms. The minimum atomic E-state index is -3.09. The van der Waals surface area contributed by atoms with E-state index >= 15 is 0 Å². The van der Waals surface area contributed by atoms with Crippen molar-refractivity contribution >= 4 is 17.4 Å². The number of anilines is 2. The minimum Gasteiger partial charge on any atom is -0.432 e. The summed E-state index contributed by atoms with van der Waals surface area (Å²) < 4.78 is 30.4. The van der Waals surface area contributed by atoms with Crippen LogP contribution in [0.15, 0.2) is 60.8 Å². The monoisotopic (exact) mass is 431 g/mol. The standard InChI is InChI=1S/C22H21F2N5O2.3H2/c23-22(24)31-17-8-9-18(28-19(17)20(30)15-7-4-10-27-21(15)25)29-12-11-26-16(13-29)14-5-2-1-3-6-14;;;/h1-10,16,22,26H,11-13H2,(H2,25,27);3*1H. The summed E-state index contributed by atoms with van der Waals surface area (Å²) in [4.78, 5) is 23.4. The minimum absolute atomic E-state index is 0. The number of piperazine rings is 1. The Morgan fingerprint density at radius 3 is 2.74 bits per heavy atom. The molecule has 0 bridgehead atoms. The van der Waals surface area contributed by atoms with Crippen LogP contribution < -0.4 is 20.7 Å². The summed E-state index contributed by atoms with van der Waals surface area (Å²) >= 11 is 0. The molecule has 1 fully saturated rings. The highest BCUT2D eigenvalue weighted by Gasteiger charge is 2.26. The van der Waals surface area contributed by atoms with Gasteiger partial charge in [0.2, 0.25) is 5.78 Å². The lowest BCUT2D eigenvalue weighted by Crippen LogP contribution is -2.46. The number of ether oxygens (including phenoxy) is 1. The van der Waals surface area contributed by atoms with Crippen molar-refractivity contribution in [1.29, 1.82) is 0 Å². The molecule has 0 saturated carbocycles. The van der Waals surface area contributed by atoms with Gasteiger partial charge in [0, 0.05) is 36.2 Å². The Hall–Kier alpha value is -3.59. The topological polar surface area (TPSA) is 93.4 Å². The van der Waals surface area contributed by atoms with Gasteiger partial charge >= 0.3 is 6.61 Å². The van der Waals surface area contributed by atoms with Gasteiger partial charge in [-0.2, -0.15) is 8.78 Å². The third-order valence-electron chi connectivity index (χ3n) is 5.06. The lowest BCUT2D eigenvalue weighted by Gasteiger charge is -2.35. The van der Waals surface area contributed by atoms with E-state index in [0.29, 0.717) is 25.5 Å². The van der Waals surface area contributed by atoms with Gasteiger partial charge in [0.1, 0.15) is 11.6 Å². The zero-order chi connectivity index (χ0) is 21.8. The SMILES string of the molecule is Nc1ncccc1C(=O)c1nc(N2CCNC(c3ccccc3)C2)ccc1OC(F)F.[HH].[HH].[HH]. The number of carbonyl (C=O) groups excluding carboxylic acids is 1. The highest BCUT2D eigenvalue weighted by atomic mass is 19.3. The number of carbonyl (C=O) groups is 1. The smallest absolute Gasteiger partial charge is 0.387 e. The van der Waals surface area contributed by atoms with Gasteiger partial charge in [-0.3, -0.25) is 4.79 Å². The molecule has 0 radical (unpaired) electrons. The summed E-state index contributed by atoms with van der Waals surface area (Å²) in [5.41, 5.74) is 6.78. The third-order valence-corrected chi connectivity index (χ3v) is 5.06. The lowest BCUT2D eigenvalue weighted by atomic mass is 10.0. The normalized spacial score (nSPS) is 16.4. The molecule has 7 nitrogen and oxygen atoms in total. The fraction of sp³-hybridized carbons (Fsp3) is 0.227. The molecule has 166 valence electrons. The van der Waals surface area contributed by atoms with Gasteiger partial charge < -0.3 is 20.7 Å². The average Bonchev–Trinajstić information content (AvgIpc) is 2.79. The summed E-state index contributed by atoms with van der Waals surface area (Å²) in [5, 5.41) is 3.46. The van der Waals surface area contributed by atoms with E-state index in [1.807, 2.05) is 35.2 Å². The predicted octanol–water partition coefficient (Wildman–Crippen LogP) is 3.78. The Morgan fingerprint density at radius 2 is 2.00 bits per heavy atom. The van der Waals surface area contributed by atoms with Gasteiger partial charge in [-0.15, -0.1) is 0 Å². The summed E-state index contributed by atoms with van der Waals surface area (Å²) in [6.45, 7) is -1.13. The molecule has 1 aromatic carbocycles. The van der Waals surface area contributed by atoms with E-state index in [9.17, 15) is 13.6 Å². The summed E-state index contributed by atoms with van der Waals surface area (Å²) in [6.07, 6.45) is 1.44. The van der Waals surface area contributed by atoms with Crippen molar-refractivity contribution in [2.75, 3.05) is 30.3 Å². The van der Waals surface area contributed by atoms with E-state index in [-0.39, 0.29) is 33.1 Å². The predicted molar refractivity (Wildman–Crippen MR) is 119 cm³/mol. The van der Waals surface area contributed by atoms with E-state index in [2.05, 4.69) is 20.0 Å². The van der Waals surface area contributed by atoms with Crippen molar-refractivity contribution in [2.45, 2.75) is 12.7 Å². The first-order chi connectivity index (χ1) is 15.0. The van der Waals surface area contributed by atoms with Crippen molar-refractivity contribution in [2.24, 2.45) is 0 Å². The lowest BCUT2D eigenvalue weighted by molar-refractivity contribution is -0.0503. The second-order valence-corrected chi connectivity index (χ2v) is 7.02. The van der Waals surface area contributed by atoms with E-state index in [1.54, 1.807) is 12.1 Å². The fourth-order valence-electron chi connectivity index (χ4n) is 3.57. The highest BCUT2D eigenvalue weighted by molar-refractivity contribution is 6.12. The Labute approximate surface area is 182 Å². The van der Waals surface area contributed by atoms with Crippen LogP contribution in [0, 0.1) is 0 Å². The summed E-state index contributed by atoms with van der Waals surface area (Å²) in [6, 6.07) is 16.0. The van der Waals surface area contributed by atoms with Crippen LogP contribution in [0.5, 0.6) is 5.75 Å². The molecule has 31 heavy (non-hydrogen) atoms. The fourth-order valence-corrected chi connectivity index (χ4v) is 3.57. The number of rotatable bonds is 6. The van der Waals surface area contributed by atoms with Gasteiger partial charge in [-0.25, -0.2) is 9.97 Å². The highest BCUT2D eigenvalue weighted by Crippen LogP contribution is 2.28. The quantitative estimate of drug-likeness (QED) is 0.574. The second-order valence-electron chi connectivity index (χ2n) is 7.02. The maximum absolute atomic E-state index is 13.1. The summed E-state index contributed by atoms with van der Waals surface area (Å²) in [7, 11) is 0. The molecule has 2 aromatic heterocycles. The number of aromatic nitrogens is 2. The molecule has 1 aliphatic rings. The molecule has 0 aliphatic carbocycles. The van der Waals surface area contributed by atoms with Crippen LogP contribution >= 0.6 is 0 Å². The zero-order valence-corrected chi connectivity index (χ0v) is 16.5. The van der Waals surface area contributed by atoms with Crippen molar-refractivity contribution in [3.8, 4) is 5.75 Å². The van der Waals surface area contributed by atoms with E-state index < -0.39 is 12.4 Å². The molecule has 1 aliphatic heterocycles. The van der Waals surface area contributed by atoms with Crippen molar-refractivity contribution in [3.63, 3.8) is 0 Å². The molecule has 1 atom stereocenters. The maximum Gasteiger partial charge on any atom is 0.387 e. The van der Waals surface area contributed by atoms with Gasteiger partial charge in [-0.1, -0.05) is 30.3 Å². The van der Waals surface area contributed by atoms with Crippen LogP contribution in [0.3, 0.4) is 0 Å². The van der Waals surface area contributed by atoms with Crippen LogP contribution in [-0.2, 0) is 0 Å². The first-order valence-electron chi connectivity index (χ1n) is 9.77. The van der Waals surface area contributed by atoms with Gasteiger partial charge in [0.25, 0.3) is 0 Å². The number of nitrogens with two attached hydrogens (primary N) is 1. The maximum atomic E-state index is 13.1. The average molecular weight is 431 g/mol. The Kier molecular flexibility index (Phi) is 6.03. The van der Waals surface area contributed by atoms with Gasteiger partial charge in [0.05, 0.1) is 5.56 Å². The molecule has 3 heterocycles. The number of pyridine rings is 2. The van der Waals surface area contributed by atoms with Crippen LogP contribution in [0.25, 0.3) is 0 Å². The second kappa shape index (κ2) is 9.05. The number of ketones is 1. The number of halogens is 2. The van der Waals surface area contributed by atoms with Crippen LogP contribution in [0.4, 0.5) is 20.4 Å². The number of nitrogens with zero attached hydrogens (tertiary/aromatic N) is 3. The van der Waals surface area contributed by atoms with Crippen molar-refractivity contribution in [3.05, 3.63) is 77.6 Å². The van der Waals surface area contributed by atoms with E-state index in [0.717, 1.165) is 5.56 Å². The van der Waals surface area contributed by atoms with E-state index in [4.69, 9.17) is 5.73 Å².